The van der Waals surface area contributed by atoms with E-state index in [1.165, 1.54) is 41.9 Å². The van der Waals surface area contributed by atoms with E-state index in [1.54, 1.807) is 7.11 Å². The Morgan fingerprint density at radius 3 is 2.90 bits per heavy atom. The van der Waals surface area contributed by atoms with Gasteiger partial charge in [-0.25, -0.2) is 0 Å². The molecule has 4 heteroatoms. The van der Waals surface area contributed by atoms with E-state index in [-0.39, 0.29) is 0 Å². The van der Waals surface area contributed by atoms with E-state index >= 15 is 0 Å². The van der Waals surface area contributed by atoms with E-state index in [1.807, 2.05) is 11.8 Å². The molecule has 1 N–H and O–H groups in total. The average molecular weight is 358 g/mol. The van der Waals surface area contributed by atoms with Crippen LogP contribution in [0.2, 0.25) is 0 Å². The fraction of sp³-hybridized carbons (Fsp3) is 0.625. The number of nitrogens with one attached hydrogen (secondary N) is 1. The van der Waals surface area contributed by atoms with Gasteiger partial charge in [0, 0.05) is 35.3 Å². The van der Waals surface area contributed by atoms with Crippen LogP contribution < -0.4 is 5.32 Å². The van der Waals surface area contributed by atoms with Gasteiger partial charge < -0.3 is 10.1 Å². The largest absolute Gasteiger partial charge is 0.383 e. The fourth-order valence-corrected chi connectivity index (χ4v) is 4.25. The van der Waals surface area contributed by atoms with Gasteiger partial charge in [-0.2, -0.15) is 0 Å². The summed E-state index contributed by atoms with van der Waals surface area (Å²) in [5.74, 6) is 2.20. The quantitative estimate of drug-likeness (QED) is 0.547. The summed E-state index contributed by atoms with van der Waals surface area (Å²) in [7, 11) is 1.74. The monoisotopic (exact) mass is 357 g/mol. The van der Waals surface area contributed by atoms with Gasteiger partial charge in [-0.3, -0.25) is 0 Å². The predicted octanol–water partition coefficient (Wildman–Crippen LogP) is 4.47. The van der Waals surface area contributed by atoms with Crippen molar-refractivity contribution in [2.24, 2.45) is 5.92 Å². The molecule has 0 spiro atoms. The third-order valence-corrected chi connectivity index (χ3v) is 5.61. The van der Waals surface area contributed by atoms with Crippen molar-refractivity contribution >= 4 is 27.7 Å². The second-order valence-electron chi connectivity index (χ2n) is 5.38. The van der Waals surface area contributed by atoms with Gasteiger partial charge in [0.2, 0.25) is 0 Å². The summed E-state index contributed by atoms with van der Waals surface area (Å²) < 4.78 is 6.23. The molecule has 1 aliphatic carbocycles. The lowest BCUT2D eigenvalue weighted by Crippen LogP contribution is -2.19. The molecule has 1 aromatic carbocycles. The Hall–Kier alpha value is -0.0300. The van der Waals surface area contributed by atoms with Gasteiger partial charge in [-0.15, -0.1) is 11.8 Å². The average Bonchev–Trinajstić information content (AvgIpc) is 2.96. The zero-order valence-electron chi connectivity index (χ0n) is 12.2. The number of hydrogen-bond acceptors (Lipinski definition) is 3. The van der Waals surface area contributed by atoms with Crippen LogP contribution in [0, 0.1) is 5.92 Å². The predicted molar refractivity (Wildman–Crippen MR) is 90.4 cm³/mol. The van der Waals surface area contributed by atoms with E-state index < -0.39 is 0 Å². The second-order valence-corrected chi connectivity index (χ2v) is 7.36. The maximum Gasteiger partial charge on any atom is 0.0587 e. The Morgan fingerprint density at radius 2 is 2.15 bits per heavy atom. The Balaban J connectivity index is 1.88. The summed E-state index contributed by atoms with van der Waals surface area (Å²) in [5.41, 5.74) is 1.39. The molecule has 2 nitrogen and oxygen atoms in total. The molecule has 20 heavy (non-hydrogen) atoms. The van der Waals surface area contributed by atoms with E-state index in [2.05, 4.69) is 39.4 Å². The van der Waals surface area contributed by atoms with Gasteiger partial charge in [-0.05, 0) is 42.5 Å². The van der Waals surface area contributed by atoms with Crippen molar-refractivity contribution in [3.05, 3.63) is 28.2 Å². The Morgan fingerprint density at radius 1 is 1.35 bits per heavy atom. The lowest BCUT2D eigenvalue weighted by molar-refractivity contribution is 0.199. The van der Waals surface area contributed by atoms with Crippen molar-refractivity contribution < 1.29 is 4.74 Å². The van der Waals surface area contributed by atoms with Crippen LogP contribution in [0.3, 0.4) is 0 Å². The molecular formula is C16H24BrNOS. The number of hydrogen-bond donors (Lipinski definition) is 1. The van der Waals surface area contributed by atoms with Crippen molar-refractivity contribution in [2.45, 2.75) is 37.1 Å². The fourth-order valence-electron chi connectivity index (χ4n) is 2.61. The van der Waals surface area contributed by atoms with E-state index in [0.717, 1.165) is 30.1 Å². The highest BCUT2D eigenvalue weighted by molar-refractivity contribution is 9.10. The highest BCUT2D eigenvalue weighted by Crippen LogP contribution is 2.33. The van der Waals surface area contributed by atoms with E-state index in [0.29, 0.717) is 0 Å². The molecule has 0 unspecified atom stereocenters. The van der Waals surface area contributed by atoms with Crippen LogP contribution in [0.25, 0.3) is 0 Å². The first-order valence-electron chi connectivity index (χ1n) is 7.40. The van der Waals surface area contributed by atoms with Crippen LogP contribution in [0.15, 0.2) is 27.6 Å². The molecule has 0 atom stereocenters. The standard InChI is InChI=1S/C16H24BrNOS/c1-19-9-8-18-11-14-10-15(17)6-7-16(14)20-12-13-4-2-3-5-13/h6-7,10,13,18H,2-5,8-9,11-12H2,1H3. The van der Waals surface area contributed by atoms with Crippen molar-refractivity contribution in [3.63, 3.8) is 0 Å². The molecule has 1 aromatic rings. The number of halogens is 1. The number of ether oxygens (including phenoxy) is 1. The molecule has 1 aliphatic rings. The van der Waals surface area contributed by atoms with E-state index in [9.17, 15) is 0 Å². The molecule has 0 heterocycles. The lowest BCUT2D eigenvalue weighted by atomic mass is 10.1. The summed E-state index contributed by atoms with van der Waals surface area (Å²) in [5, 5.41) is 3.44. The van der Waals surface area contributed by atoms with Crippen LogP contribution in [-0.4, -0.2) is 26.0 Å². The molecule has 0 amide bonds. The van der Waals surface area contributed by atoms with Crippen molar-refractivity contribution in [1.82, 2.24) is 5.32 Å². The minimum atomic E-state index is 0.762. The molecule has 0 bridgehead atoms. The first kappa shape index (κ1) is 16.3. The SMILES string of the molecule is COCCNCc1cc(Br)ccc1SCC1CCCC1. The number of rotatable bonds is 8. The lowest BCUT2D eigenvalue weighted by Gasteiger charge is -2.13. The van der Waals surface area contributed by atoms with Crippen LogP contribution in [0.1, 0.15) is 31.2 Å². The molecule has 2 rings (SSSR count). The summed E-state index contributed by atoms with van der Waals surface area (Å²) in [6.07, 6.45) is 5.70. The third-order valence-electron chi connectivity index (χ3n) is 3.77. The maximum absolute atomic E-state index is 5.07. The number of thioether (sulfide) groups is 1. The summed E-state index contributed by atoms with van der Waals surface area (Å²) in [6.45, 7) is 2.57. The Labute approximate surface area is 135 Å². The van der Waals surface area contributed by atoms with Crippen molar-refractivity contribution in [3.8, 4) is 0 Å². The molecule has 0 aliphatic heterocycles. The summed E-state index contributed by atoms with van der Waals surface area (Å²) in [4.78, 5) is 1.42. The molecule has 1 fully saturated rings. The third kappa shape index (κ3) is 5.40. The zero-order valence-corrected chi connectivity index (χ0v) is 14.6. The molecule has 0 saturated heterocycles. The summed E-state index contributed by atoms with van der Waals surface area (Å²) in [6, 6.07) is 6.63. The molecular weight excluding hydrogens is 334 g/mol. The number of benzene rings is 1. The summed E-state index contributed by atoms with van der Waals surface area (Å²) >= 11 is 5.60. The van der Waals surface area contributed by atoms with Gasteiger partial charge in [0.1, 0.15) is 0 Å². The number of methoxy groups -OCH3 is 1. The zero-order chi connectivity index (χ0) is 14.2. The first-order chi connectivity index (χ1) is 9.79. The van der Waals surface area contributed by atoms with Gasteiger partial charge in [0.15, 0.2) is 0 Å². The Kier molecular flexibility index (Phi) is 7.42. The van der Waals surface area contributed by atoms with Gasteiger partial charge in [0.05, 0.1) is 6.61 Å². The van der Waals surface area contributed by atoms with Gasteiger partial charge in [-0.1, -0.05) is 28.8 Å². The van der Waals surface area contributed by atoms with Crippen LogP contribution in [0.4, 0.5) is 0 Å². The van der Waals surface area contributed by atoms with Gasteiger partial charge >= 0.3 is 0 Å². The van der Waals surface area contributed by atoms with Crippen LogP contribution >= 0.6 is 27.7 Å². The van der Waals surface area contributed by atoms with Crippen molar-refractivity contribution in [1.29, 1.82) is 0 Å². The van der Waals surface area contributed by atoms with Crippen LogP contribution in [0.5, 0.6) is 0 Å². The van der Waals surface area contributed by atoms with E-state index in [4.69, 9.17) is 4.74 Å². The van der Waals surface area contributed by atoms with Gasteiger partial charge in [0.25, 0.3) is 0 Å². The van der Waals surface area contributed by atoms with Crippen LogP contribution in [-0.2, 0) is 11.3 Å². The molecule has 0 aromatic heterocycles. The molecule has 112 valence electrons. The highest BCUT2D eigenvalue weighted by Gasteiger charge is 2.15. The normalized spacial score (nSPS) is 15.9. The Bertz CT molecular complexity index is 407. The minimum Gasteiger partial charge on any atom is -0.383 e. The topological polar surface area (TPSA) is 21.3 Å². The first-order valence-corrected chi connectivity index (χ1v) is 9.18. The molecule has 1 saturated carbocycles. The van der Waals surface area contributed by atoms with Crippen molar-refractivity contribution in [2.75, 3.05) is 26.0 Å². The second kappa shape index (κ2) is 9.08. The highest BCUT2D eigenvalue weighted by atomic mass is 79.9. The molecule has 0 radical (unpaired) electrons. The smallest absolute Gasteiger partial charge is 0.0587 e. The maximum atomic E-state index is 5.07. The minimum absolute atomic E-state index is 0.762.